The molecule has 0 saturated heterocycles. The summed E-state index contributed by atoms with van der Waals surface area (Å²) in [6.45, 7) is 4.68. The molecule has 0 aliphatic heterocycles. The fraction of sp³-hybridized carbons (Fsp3) is 0.353. The number of carboxylic acid groups (broad SMARTS) is 1. The highest BCUT2D eigenvalue weighted by atomic mass is 19.1. The molecule has 0 unspecified atom stereocenters. The number of rotatable bonds is 6. The molecule has 0 aliphatic carbocycles. The minimum atomic E-state index is -0.894. The lowest BCUT2D eigenvalue weighted by atomic mass is 9.96. The molecular formula is C17H20FNO2. The molecule has 0 fully saturated rings. The molecule has 0 amide bonds. The van der Waals surface area contributed by atoms with Crippen LogP contribution >= 0.6 is 0 Å². The number of carboxylic acids is 1. The van der Waals surface area contributed by atoms with E-state index in [9.17, 15) is 14.3 Å². The highest BCUT2D eigenvalue weighted by molar-refractivity contribution is 5.89. The third kappa shape index (κ3) is 3.32. The van der Waals surface area contributed by atoms with Crippen LogP contribution in [0.25, 0.3) is 0 Å². The molecule has 0 bridgehead atoms. The fourth-order valence-electron chi connectivity index (χ4n) is 2.72. The Hall–Kier alpha value is -2.10. The number of hydrogen-bond acceptors (Lipinski definition) is 1. The van der Waals surface area contributed by atoms with E-state index in [0.29, 0.717) is 12.1 Å². The topological polar surface area (TPSA) is 42.2 Å². The van der Waals surface area contributed by atoms with Gasteiger partial charge in [-0.05, 0) is 42.5 Å². The first-order valence-corrected chi connectivity index (χ1v) is 7.23. The molecule has 1 aromatic heterocycles. The average molecular weight is 289 g/mol. The van der Waals surface area contributed by atoms with Crippen molar-refractivity contribution < 1.29 is 14.3 Å². The first kappa shape index (κ1) is 15.3. The van der Waals surface area contributed by atoms with Crippen molar-refractivity contribution in [2.24, 2.45) is 0 Å². The van der Waals surface area contributed by atoms with E-state index in [2.05, 4.69) is 13.8 Å². The second-order valence-electron chi connectivity index (χ2n) is 5.19. The summed E-state index contributed by atoms with van der Waals surface area (Å²) in [5.41, 5.74) is 2.18. The number of carbonyl (C=O) groups is 1. The van der Waals surface area contributed by atoms with Crippen molar-refractivity contribution >= 4 is 5.97 Å². The SMILES string of the molecule is CCC(CC)c1c(C(=O)O)ccn1Cc1ccc(F)cc1. The quantitative estimate of drug-likeness (QED) is 0.862. The zero-order valence-electron chi connectivity index (χ0n) is 12.3. The van der Waals surface area contributed by atoms with Gasteiger partial charge in [-0.3, -0.25) is 0 Å². The van der Waals surface area contributed by atoms with Crippen molar-refractivity contribution in [2.45, 2.75) is 39.2 Å². The number of aromatic carboxylic acids is 1. The molecule has 2 rings (SSSR count). The summed E-state index contributed by atoms with van der Waals surface area (Å²) in [5.74, 6) is -0.945. The molecule has 112 valence electrons. The van der Waals surface area contributed by atoms with E-state index in [-0.39, 0.29) is 11.7 Å². The van der Waals surface area contributed by atoms with Crippen LogP contribution in [0.5, 0.6) is 0 Å². The molecule has 2 aromatic rings. The Balaban J connectivity index is 2.38. The highest BCUT2D eigenvalue weighted by Crippen LogP contribution is 2.28. The van der Waals surface area contributed by atoms with E-state index >= 15 is 0 Å². The van der Waals surface area contributed by atoms with Crippen molar-refractivity contribution in [2.75, 3.05) is 0 Å². The molecule has 4 heteroatoms. The van der Waals surface area contributed by atoms with E-state index in [1.807, 2.05) is 4.57 Å². The van der Waals surface area contributed by atoms with Crippen molar-refractivity contribution in [1.82, 2.24) is 4.57 Å². The largest absolute Gasteiger partial charge is 0.478 e. The minimum absolute atomic E-state index is 0.214. The van der Waals surface area contributed by atoms with Crippen LogP contribution in [0.2, 0.25) is 0 Å². The number of halogens is 1. The van der Waals surface area contributed by atoms with Gasteiger partial charge in [0.25, 0.3) is 0 Å². The lowest BCUT2D eigenvalue weighted by molar-refractivity contribution is 0.0695. The Morgan fingerprint density at radius 3 is 2.33 bits per heavy atom. The number of hydrogen-bond donors (Lipinski definition) is 1. The second kappa shape index (κ2) is 6.57. The Kier molecular flexibility index (Phi) is 4.78. The summed E-state index contributed by atoms with van der Waals surface area (Å²) in [6, 6.07) is 7.96. The molecule has 0 radical (unpaired) electrons. The van der Waals surface area contributed by atoms with Gasteiger partial charge in [-0.2, -0.15) is 0 Å². The molecule has 0 spiro atoms. The van der Waals surface area contributed by atoms with Crippen LogP contribution in [0.4, 0.5) is 4.39 Å². The van der Waals surface area contributed by atoms with E-state index in [0.717, 1.165) is 24.1 Å². The van der Waals surface area contributed by atoms with E-state index in [1.54, 1.807) is 24.4 Å². The van der Waals surface area contributed by atoms with Gasteiger partial charge in [-0.1, -0.05) is 26.0 Å². The predicted molar refractivity (Wildman–Crippen MR) is 80.2 cm³/mol. The normalized spacial score (nSPS) is 11.0. The number of aromatic nitrogens is 1. The predicted octanol–water partition coefficient (Wildman–Crippen LogP) is 4.28. The summed E-state index contributed by atoms with van der Waals surface area (Å²) < 4.78 is 14.9. The highest BCUT2D eigenvalue weighted by Gasteiger charge is 2.21. The molecule has 3 nitrogen and oxygen atoms in total. The van der Waals surface area contributed by atoms with Crippen LogP contribution in [0, 0.1) is 5.82 Å². The van der Waals surface area contributed by atoms with Crippen molar-refractivity contribution in [3.05, 3.63) is 59.2 Å². The maximum absolute atomic E-state index is 13.0. The Bertz CT molecular complexity index is 612. The zero-order chi connectivity index (χ0) is 15.4. The van der Waals surface area contributed by atoms with Crippen LogP contribution < -0.4 is 0 Å². The average Bonchev–Trinajstić information content (AvgIpc) is 2.87. The van der Waals surface area contributed by atoms with Gasteiger partial charge in [0.2, 0.25) is 0 Å². The third-order valence-corrected chi connectivity index (χ3v) is 3.88. The van der Waals surface area contributed by atoms with Gasteiger partial charge in [-0.25, -0.2) is 9.18 Å². The maximum Gasteiger partial charge on any atom is 0.337 e. The Morgan fingerprint density at radius 2 is 1.81 bits per heavy atom. The molecule has 21 heavy (non-hydrogen) atoms. The van der Waals surface area contributed by atoms with Crippen LogP contribution in [-0.4, -0.2) is 15.6 Å². The van der Waals surface area contributed by atoms with Gasteiger partial charge in [0, 0.05) is 18.4 Å². The van der Waals surface area contributed by atoms with Crippen LogP contribution in [0.1, 0.15) is 54.2 Å². The summed E-state index contributed by atoms with van der Waals surface area (Å²) in [6.07, 6.45) is 3.59. The zero-order valence-corrected chi connectivity index (χ0v) is 12.3. The molecule has 1 aromatic carbocycles. The molecular weight excluding hydrogens is 269 g/mol. The van der Waals surface area contributed by atoms with Gasteiger partial charge >= 0.3 is 5.97 Å². The molecule has 1 heterocycles. The summed E-state index contributed by atoms with van der Waals surface area (Å²) >= 11 is 0. The van der Waals surface area contributed by atoms with Crippen molar-refractivity contribution in [1.29, 1.82) is 0 Å². The Labute approximate surface area is 124 Å². The summed E-state index contributed by atoms with van der Waals surface area (Å²) in [4.78, 5) is 11.4. The second-order valence-corrected chi connectivity index (χ2v) is 5.19. The van der Waals surface area contributed by atoms with Gasteiger partial charge in [0.1, 0.15) is 5.82 Å². The number of nitrogens with zero attached hydrogens (tertiary/aromatic N) is 1. The molecule has 0 aliphatic rings. The van der Waals surface area contributed by atoms with Crippen molar-refractivity contribution in [3.63, 3.8) is 0 Å². The van der Waals surface area contributed by atoms with Gasteiger partial charge in [0.15, 0.2) is 0 Å². The minimum Gasteiger partial charge on any atom is -0.478 e. The monoisotopic (exact) mass is 289 g/mol. The van der Waals surface area contributed by atoms with Crippen LogP contribution in [0.15, 0.2) is 36.5 Å². The lowest BCUT2D eigenvalue weighted by Crippen LogP contribution is -2.12. The van der Waals surface area contributed by atoms with Crippen molar-refractivity contribution in [3.8, 4) is 0 Å². The van der Waals surface area contributed by atoms with Crippen LogP contribution in [0.3, 0.4) is 0 Å². The number of benzene rings is 1. The van der Waals surface area contributed by atoms with E-state index in [1.165, 1.54) is 12.1 Å². The summed E-state index contributed by atoms with van der Waals surface area (Å²) in [7, 11) is 0. The summed E-state index contributed by atoms with van der Waals surface area (Å²) in [5, 5.41) is 9.36. The lowest BCUT2D eigenvalue weighted by Gasteiger charge is -2.18. The van der Waals surface area contributed by atoms with Gasteiger partial charge in [0.05, 0.1) is 5.56 Å². The molecule has 0 atom stereocenters. The first-order valence-electron chi connectivity index (χ1n) is 7.23. The van der Waals surface area contributed by atoms with Crippen LogP contribution in [-0.2, 0) is 6.54 Å². The third-order valence-electron chi connectivity index (χ3n) is 3.88. The van der Waals surface area contributed by atoms with E-state index in [4.69, 9.17) is 0 Å². The van der Waals surface area contributed by atoms with Gasteiger partial charge in [-0.15, -0.1) is 0 Å². The first-order chi connectivity index (χ1) is 10.1. The fourth-order valence-corrected chi connectivity index (χ4v) is 2.72. The van der Waals surface area contributed by atoms with Gasteiger partial charge < -0.3 is 9.67 Å². The smallest absolute Gasteiger partial charge is 0.337 e. The Morgan fingerprint density at radius 1 is 1.19 bits per heavy atom. The molecule has 1 N–H and O–H groups in total. The maximum atomic E-state index is 13.0. The molecule has 0 saturated carbocycles. The van der Waals surface area contributed by atoms with E-state index < -0.39 is 5.97 Å². The standard InChI is InChI=1S/C17H20FNO2/c1-3-13(4-2)16-15(17(20)21)9-10-19(16)11-12-5-7-14(18)8-6-12/h5-10,13H,3-4,11H2,1-2H3,(H,20,21).